The maximum atomic E-state index is 12.4. The van der Waals surface area contributed by atoms with Gasteiger partial charge in [0.05, 0.1) is 0 Å². The molecule has 1 aliphatic carbocycles. The van der Waals surface area contributed by atoms with Gasteiger partial charge in [-0.05, 0) is 29.3 Å². The second-order valence-corrected chi connectivity index (χ2v) is 9.73. The molecule has 1 aliphatic heterocycles. The summed E-state index contributed by atoms with van der Waals surface area (Å²) in [4.78, 5) is 28.8. The monoisotopic (exact) mass is 469 g/mol. The zero-order valence-corrected chi connectivity index (χ0v) is 19.7. The second-order valence-electron chi connectivity index (χ2n) is 8.58. The fourth-order valence-electron chi connectivity index (χ4n) is 4.42. The first-order chi connectivity index (χ1) is 16.0. The summed E-state index contributed by atoms with van der Waals surface area (Å²) in [5, 5.41) is 12.1. The van der Waals surface area contributed by atoms with Crippen molar-refractivity contribution < 1.29 is 19.4 Å². The lowest BCUT2D eigenvalue weighted by Gasteiger charge is -2.32. The Labute approximate surface area is 199 Å². The molecule has 1 heterocycles. The highest BCUT2D eigenvalue weighted by Crippen LogP contribution is 2.44. The number of alkyl carbamates (subject to hydrolysis) is 1. The molecular formula is C25H31N3O4S. The van der Waals surface area contributed by atoms with Crippen LogP contribution in [0.15, 0.2) is 48.5 Å². The number of carboxylic acid groups (broad SMARTS) is 1. The number of hydrogen-bond acceptors (Lipinski definition) is 6. The van der Waals surface area contributed by atoms with E-state index in [2.05, 4.69) is 46.4 Å². The Balaban J connectivity index is 1.25. The van der Waals surface area contributed by atoms with Crippen molar-refractivity contribution in [3.63, 3.8) is 0 Å². The lowest BCUT2D eigenvalue weighted by Crippen LogP contribution is -2.45. The van der Waals surface area contributed by atoms with E-state index in [1.807, 2.05) is 24.3 Å². The number of carbonyl (C=O) groups is 2. The van der Waals surface area contributed by atoms with Crippen molar-refractivity contribution in [2.24, 2.45) is 0 Å². The van der Waals surface area contributed by atoms with Crippen molar-refractivity contribution >= 4 is 23.8 Å². The number of thioether (sulfide) groups is 1. The molecule has 1 fully saturated rings. The highest BCUT2D eigenvalue weighted by Gasteiger charge is 2.29. The van der Waals surface area contributed by atoms with Crippen LogP contribution in [0.5, 0.6) is 0 Å². The van der Waals surface area contributed by atoms with Crippen LogP contribution in [0.1, 0.15) is 17.0 Å². The first kappa shape index (κ1) is 23.6. The van der Waals surface area contributed by atoms with Crippen molar-refractivity contribution in [1.82, 2.24) is 15.1 Å². The minimum Gasteiger partial charge on any atom is -0.480 e. The highest BCUT2D eigenvalue weighted by molar-refractivity contribution is 7.99. The molecule has 2 aromatic rings. The maximum Gasteiger partial charge on any atom is 0.407 e. The van der Waals surface area contributed by atoms with E-state index in [0.717, 1.165) is 60.7 Å². The number of benzene rings is 2. The van der Waals surface area contributed by atoms with Gasteiger partial charge in [0.15, 0.2) is 0 Å². The summed E-state index contributed by atoms with van der Waals surface area (Å²) in [7, 11) is 2.12. The SMILES string of the molecule is CN1CCN(CCSCC(NC(=O)OCC2c3ccccc3-c3ccccc32)C(=O)O)CC1. The molecule has 1 unspecified atom stereocenters. The number of aliphatic carboxylic acids is 1. The Bertz CT molecular complexity index is 932. The Morgan fingerprint density at radius 2 is 1.67 bits per heavy atom. The predicted octanol–water partition coefficient (Wildman–Crippen LogP) is 2.96. The fourth-order valence-corrected chi connectivity index (χ4v) is 5.44. The number of piperazine rings is 1. The fraction of sp³-hybridized carbons (Fsp3) is 0.440. The number of rotatable bonds is 9. The summed E-state index contributed by atoms with van der Waals surface area (Å²) >= 11 is 1.54. The molecule has 4 rings (SSSR count). The summed E-state index contributed by atoms with van der Waals surface area (Å²) in [6.45, 7) is 5.30. The van der Waals surface area contributed by atoms with Crippen LogP contribution in [-0.4, -0.2) is 90.9 Å². The molecule has 0 saturated carbocycles. The zero-order chi connectivity index (χ0) is 23.2. The quantitative estimate of drug-likeness (QED) is 0.547. The van der Waals surface area contributed by atoms with Crippen LogP contribution in [-0.2, 0) is 9.53 Å². The van der Waals surface area contributed by atoms with E-state index in [0.29, 0.717) is 5.75 Å². The van der Waals surface area contributed by atoms with Gasteiger partial charge >= 0.3 is 12.1 Å². The number of carboxylic acids is 1. The summed E-state index contributed by atoms with van der Waals surface area (Å²) in [6.07, 6.45) is -0.691. The van der Waals surface area contributed by atoms with Crippen molar-refractivity contribution in [1.29, 1.82) is 0 Å². The average Bonchev–Trinajstić information content (AvgIpc) is 3.14. The first-order valence-corrected chi connectivity index (χ1v) is 12.5. The molecule has 1 amide bonds. The van der Waals surface area contributed by atoms with Crippen LogP contribution >= 0.6 is 11.8 Å². The molecule has 176 valence electrons. The van der Waals surface area contributed by atoms with E-state index < -0.39 is 18.1 Å². The molecule has 2 aromatic carbocycles. The van der Waals surface area contributed by atoms with Crippen molar-refractivity contribution in [3.05, 3.63) is 59.7 Å². The van der Waals surface area contributed by atoms with Crippen LogP contribution in [0.25, 0.3) is 11.1 Å². The topological polar surface area (TPSA) is 82.1 Å². The van der Waals surface area contributed by atoms with Crippen LogP contribution in [0.2, 0.25) is 0 Å². The molecule has 1 atom stereocenters. The third-order valence-corrected chi connectivity index (χ3v) is 7.41. The smallest absolute Gasteiger partial charge is 0.407 e. The van der Waals surface area contributed by atoms with Gasteiger partial charge in [-0.15, -0.1) is 0 Å². The molecule has 2 N–H and O–H groups in total. The average molecular weight is 470 g/mol. The molecule has 1 saturated heterocycles. The molecule has 0 spiro atoms. The van der Waals surface area contributed by atoms with Gasteiger partial charge < -0.3 is 20.1 Å². The molecule has 0 bridgehead atoms. The Morgan fingerprint density at radius 3 is 2.27 bits per heavy atom. The molecule has 33 heavy (non-hydrogen) atoms. The predicted molar refractivity (Wildman–Crippen MR) is 131 cm³/mol. The van der Waals surface area contributed by atoms with E-state index in [9.17, 15) is 14.7 Å². The third-order valence-electron chi connectivity index (χ3n) is 6.37. The Kier molecular flexibility index (Phi) is 7.90. The lowest BCUT2D eigenvalue weighted by atomic mass is 9.98. The second kappa shape index (κ2) is 11.0. The zero-order valence-electron chi connectivity index (χ0n) is 18.9. The van der Waals surface area contributed by atoms with Gasteiger partial charge in [-0.2, -0.15) is 11.8 Å². The number of carbonyl (C=O) groups excluding carboxylic acids is 1. The Morgan fingerprint density at radius 1 is 1.06 bits per heavy atom. The van der Waals surface area contributed by atoms with E-state index in [1.54, 1.807) is 11.8 Å². The number of ether oxygens (including phenoxy) is 1. The molecule has 7 nitrogen and oxygen atoms in total. The summed E-state index contributed by atoms with van der Waals surface area (Å²) in [5.41, 5.74) is 4.56. The van der Waals surface area contributed by atoms with Crippen LogP contribution in [0.3, 0.4) is 0 Å². The van der Waals surface area contributed by atoms with Gasteiger partial charge in [0.2, 0.25) is 0 Å². The van der Waals surface area contributed by atoms with E-state index in [-0.39, 0.29) is 12.5 Å². The normalized spacial score (nSPS) is 17.2. The van der Waals surface area contributed by atoms with E-state index >= 15 is 0 Å². The molecule has 0 radical (unpaired) electrons. The number of nitrogens with zero attached hydrogens (tertiary/aromatic N) is 2. The molecule has 8 heteroatoms. The lowest BCUT2D eigenvalue weighted by molar-refractivity contribution is -0.138. The van der Waals surface area contributed by atoms with Crippen LogP contribution in [0.4, 0.5) is 4.79 Å². The minimum atomic E-state index is -1.05. The van der Waals surface area contributed by atoms with Crippen molar-refractivity contribution in [2.45, 2.75) is 12.0 Å². The van der Waals surface area contributed by atoms with E-state index in [1.165, 1.54) is 0 Å². The molecular weight excluding hydrogens is 438 g/mol. The van der Waals surface area contributed by atoms with Gasteiger partial charge in [-0.1, -0.05) is 48.5 Å². The summed E-state index contributed by atoms with van der Waals surface area (Å²) < 4.78 is 5.50. The third kappa shape index (κ3) is 5.88. The number of nitrogens with one attached hydrogen (secondary N) is 1. The van der Waals surface area contributed by atoms with Gasteiger partial charge in [-0.3, -0.25) is 4.90 Å². The largest absolute Gasteiger partial charge is 0.480 e. The standard InChI is InChI=1S/C25H31N3O4S/c1-27-10-12-28(13-11-27)14-15-33-17-23(24(29)30)26-25(31)32-16-22-20-8-4-2-6-18(20)19-7-3-5-9-21(19)22/h2-9,22-23H,10-17H2,1H3,(H,26,31)(H,29,30). The summed E-state index contributed by atoms with van der Waals surface area (Å²) in [5.74, 6) is 0.0487. The first-order valence-electron chi connectivity index (χ1n) is 11.4. The molecule has 2 aliphatic rings. The van der Waals surface area contributed by atoms with Crippen LogP contribution in [0, 0.1) is 0 Å². The molecule has 0 aromatic heterocycles. The van der Waals surface area contributed by atoms with Gasteiger partial charge in [-0.25, -0.2) is 9.59 Å². The number of fused-ring (bicyclic) bond motifs is 3. The summed E-state index contributed by atoms with van der Waals surface area (Å²) in [6, 6.07) is 15.3. The van der Waals surface area contributed by atoms with Gasteiger partial charge in [0, 0.05) is 50.1 Å². The van der Waals surface area contributed by atoms with Gasteiger partial charge in [0.1, 0.15) is 12.6 Å². The Hall–Kier alpha value is -2.55. The van der Waals surface area contributed by atoms with Gasteiger partial charge in [0.25, 0.3) is 0 Å². The van der Waals surface area contributed by atoms with Crippen molar-refractivity contribution in [3.8, 4) is 11.1 Å². The minimum absolute atomic E-state index is 0.0515. The number of amides is 1. The number of hydrogen-bond donors (Lipinski definition) is 2. The number of likely N-dealkylation sites (N-methyl/N-ethyl adjacent to an activating group) is 1. The highest BCUT2D eigenvalue weighted by atomic mass is 32.2. The van der Waals surface area contributed by atoms with Crippen LogP contribution < -0.4 is 5.32 Å². The van der Waals surface area contributed by atoms with E-state index in [4.69, 9.17) is 4.74 Å². The van der Waals surface area contributed by atoms with Crippen molar-refractivity contribution in [2.75, 3.05) is 57.9 Å². The maximum absolute atomic E-state index is 12.4.